The van der Waals surface area contributed by atoms with Gasteiger partial charge in [0.15, 0.2) is 0 Å². The predicted octanol–water partition coefficient (Wildman–Crippen LogP) is 4.18. The minimum atomic E-state index is 0.441. The van der Waals surface area contributed by atoms with Crippen LogP contribution in [0, 0.1) is 6.92 Å². The van der Waals surface area contributed by atoms with E-state index in [1.165, 1.54) is 5.69 Å². The number of rotatable bonds is 3. The monoisotopic (exact) mass is 398 g/mol. The van der Waals surface area contributed by atoms with Crippen LogP contribution in [0.1, 0.15) is 19.5 Å². The molecule has 152 valence electrons. The number of piperazine rings is 1. The summed E-state index contributed by atoms with van der Waals surface area (Å²) in [7, 11) is 0. The molecule has 1 aliphatic heterocycles. The number of H-pyrrole nitrogens is 1. The molecule has 6 heteroatoms. The van der Waals surface area contributed by atoms with Crippen molar-refractivity contribution in [2.24, 2.45) is 0 Å². The fraction of sp³-hybridized carbons (Fsp3) is 0.292. The Morgan fingerprint density at radius 3 is 2.87 bits per heavy atom. The van der Waals surface area contributed by atoms with E-state index in [2.05, 4.69) is 63.5 Å². The Morgan fingerprint density at radius 1 is 1.10 bits per heavy atom. The Hall–Kier alpha value is -3.25. The molecule has 2 N–H and O–H groups in total. The molecular weight excluding hydrogens is 372 g/mol. The van der Waals surface area contributed by atoms with Crippen molar-refractivity contribution in [2.45, 2.75) is 32.9 Å². The summed E-state index contributed by atoms with van der Waals surface area (Å²) in [5.41, 5.74) is 7.05. The highest BCUT2D eigenvalue weighted by Crippen LogP contribution is 2.32. The molecule has 0 unspecified atom stereocenters. The van der Waals surface area contributed by atoms with Gasteiger partial charge < -0.3 is 10.2 Å². The van der Waals surface area contributed by atoms with Gasteiger partial charge in [-0.25, -0.2) is 0 Å². The first-order chi connectivity index (χ1) is 14.6. The molecule has 0 saturated carbocycles. The third-order valence-corrected chi connectivity index (χ3v) is 5.85. The first-order valence-electron chi connectivity index (χ1n) is 10.5. The second-order valence-corrected chi connectivity index (χ2v) is 8.22. The maximum Gasteiger partial charge on any atom is 0.118 e. The Labute approximate surface area is 176 Å². The lowest BCUT2D eigenvalue weighted by atomic mass is 10.0. The number of nitrogens with zero attached hydrogens (tertiary/aromatic N) is 4. The summed E-state index contributed by atoms with van der Waals surface area (Å²) < 4.78 is 0. The molecule has 2 atom stereocenters. The van der Waals surface area contributed by atoms with Crippen LogP contribution in [0.15, 0.2) is 54.9 Å². The summed E-state index contributed by atoms with van der Waals surface area (Å²) in [6, 6.07) is 15.6. The molecule has 0 bridgehead atoms. The van der Waals surface area contributed by atoms with E-state index >= 15 is 0 Å². The number of aromatic amines is 1. The zero-order chi connectivity index (χ0) is 20.7. The highest BCUT2D eigenvalue weighted by atomic mass is 15.2. The van der Waals surface area contributed by atoms with Crippen LogP contribution in [0.4, 0.5) is 5.69 Å². The lowest BCUT2D eigenvalue weighted by Crippen LogP contribution is -2.54. The normalized spacial score (nSPS) is 19.4. The highest BCUT2D eigenvalue weighted by molar-refractivity contribution is 5.89. The van der Waals surface area contributed by atoms with Crippen molar-refractivity contribution < 1.29 is 0 Å². The average Bonchev–Trinajstić information content (AvgIpc) is 3.25. The summed E-state index contributed by atoms with van der Waals surface area (Å²) in [5.74, 6) is 0. The van der Waals surface area contributed by atoms with E-state index in [-0.39, 0.29) is 0 Å². The minimum absolute atomic E-state index is 0.441. The molecule has 5 rings (SSSR count). The second-order valence-electron chi connectivity index (χ2n) is 8.22. The molecule has 0 radical (unpaired) electrons. The predicted molar refractivity (Wildman–Crippen MR) is 122 cm³/mol. The van der Waals surface area contributed by atoms with Crippen LogP contribution in [0.2, 0.25) is 0 Å². The molecule has 1 aliphatic rings. The van der Waals surface area contributed by atoms with Gasteiger partial charge in [0.05, 0.1) is 23.1 Å². The Morgan fingerprint density at radius 2 is 2.00 bits per heavy atom. The standard InChI is InChI=1S/C24H26N6/c1-15-5-4-6-23(28-15)24-21(13-27-29-24)18-7-8-22-19(9-18)10-20(12-26-22)30-14-16(2)25-11-17(30)3/h4-10,12-13,16-17,25H,11,14H2,1-3H3,(H,27,29)/t16-,17-/m1/s1. The van der Waals surface area contributed by atoms with Crippen molar-refractivity contribution in [2.75, 3.05) is 18.0 Å². The summed E-state index contributed by atoms with van der Waals surface area (Å²) >= 11 is 0. The maximum absolute atomic E-state index is 4.73. The first kappa shape index (κ1) is 18.8. The molecule has 1 aromatic carbocycles. The molecule has 4 aromatic rings. The summed E-state index contributed by atoms with van der Waals surface area (Å²) in [4.78, 5) is 11.8. The van der Waals surface area contributed by atoms with E-state index < -0.39 is 0 Å². The average molecular weight is 399 g/mol. The van der Waals surface area contributed by atoms with Gasteiger partial charge >= 0.3 is 0 Å². The van der Waals surface area contributed by atoms with Gasteiger partial charge in [-0.05, 0) is 56.7 Å². The van der Waals surface area contributed by atoms with E-state index in [0.717, 1.165) is 52.2 Å². The number of benzene rings is 1. The van der Waals surface area contributed by atoms with Crippen molar-refractivity contribution in [3.05, 3.63) is 60.6 Å². The van der Waals surface area contributed by atoms with Crippen molar-refractivity contribution >= 4 is 16.6 Å². The fourth-order valence-corrected chi connectivity index (χ4v) is 4.21. The Kier molecular flexibility index (Phi) is 4.71. The number of aromatic nitrogens is 4. The van der Waals surface area contributed by atoms with Gasteiger partial charge in [-0.1, -0.05) is 12.1 Å². The Balaban J connectivity index is 1.55. The van der Waals surface area contributed by atoms with E-state index in [0.29, 0.717) is 12.1 Å². The zero-order valence-electron chi connectivity index (χ0n) is 17.6. The minimum Gasteiger partial charge on any atom is -0.365 e. The van der Waals surface area contributed by atoms with Crippen LogP contribution in [-0.4, -0.2) is 45.3 Å². The molecular formula is C24H26N6. The lowest BCUT2D eigenvalue weighted by Gasteiger charge is -2.39. The van der Waals surface area contributed by atoms with Crippen LogP contribution in [0.5, 0.6) is 0 Å². The smallest absolute Gasteiger partial charge is 0.118 e. The molecule has 4 heterocycles. The number of pyridine rings is 2. The lowest BCUT2D eigenvalue weighted by molar-refractivity contribution is 0.425. The number of hydrogen-bond donors (Lipinski definition) is 2. The number of anilines is 1. The van der Waals surface area contributed by atoms with Crippen molar-refractivity contribution in [1.29, 1.82) is 0 Å². The van der Waals surface area contributed by atoms with Gasteiger partial charge in [0, 0.05) is 48.0 Å². The topological polar surface area (TPSA) is 69.7 Å². The Bertz CT molecular complexity index is 1200. The maximum atomic E-state index is 4.73. The van der Waals surface area contributed by atoms with Crippen LogP contribution >= 0.6 is 0 Å². The van der Waals surface area contributed by atoms with Crippen molar-refractivity contribution in [1.82, 2.24) is 25.5 Å². The second kappa shape index (κ2) is 7.54. The van der Waals surface area contributed by atoms with Crippen molar-refractivity contribution in [3.8, 4) is 22.5 Å². The molecule has 6 nitrogen and oxygen atoms in total. The largest absolute Gasteiger partial charge is 0.365 e. The number of hydrogen-bond acceptors (Lipinski definition) is 5. The van der Waals surface area contributed by atoms with E-state index in [4.69, 9.17) is 4.98 Å². The SMILES string of the molecule is Cc1cccc(-c2n[nH]cc2-c2ccc3ncc(N4C[C@@H](C)NC[C@H]4C)cc3c2)n1. The molecule has 3 aromatic heterocycles. The van der Waals surface area contributed by atoms with Gasteiger partial charge in [0.25, 0.3) is 0 Å². The van der Waals surface area contributed by atoms with Gasteiger partial charge in [-0.15, -0.1) is 0 Å². The van der Waals surface area contributed by atoms with Crippen molar-refractivity contribution in [3.63, 3.8) is 0 Å². The third kappa shape index (κ3) is 3.44. The fourth-order valence-electron chi connectivity index (χ4n) is 4.21. The van der Waals surface area contributed by atoms with E-state index in [9.17, 15) is 0 Å². The van der Waals surface area contributed by atoms with Gasteiger partial charge in [-0.2, -0.15) is 5.10 Å². The molecule has 1 saturated heterocycles. The summed E-state index contributed by atoms with van der Waals surface area (Å²) in [6.45, 7) is 8.45. The van der Waals surface area contributed by atoms with Gasteiger partial charge in [0.2, 0.25) is 0 Å². The zero-order valence-corrected chi connectivity index (χ0v) is 17.6. The van der Waals surface area contributed by atoms with Crippen LogP contribution in [-0.2, 0) is 0 Å². The van der Waals surface area contributed by atoms with Gasteiger partial charge in [-0.3, -0.25) is 15.1 Å². The van der Waals surface area contributed by atoms with Crippen LogP contribution < -0.4 is 10.2 Å². The van der Waals surface area contributed by atoms with E-state index in [1.807, 2.05) is 37.5 Å². The van der Waals surface area contributed by atoms with Crippen LogP contribution in [0.3, 0.4) is 0 Å². The molecule has 0 aliphatic carbocycles. The molecule has 30 heavy (non-hydrogen) atoms. The quantitative estimate of drug-likeness (QED) is 0.542. The van der Waals surface area contributed by atoms with Crippen LogP contribution in [0.25, 0.3) is 33.4 Å². The number of nitrogens with one attached hydrogen (secondary N) is 2. The number of fused-ring (bicyclic) bond motifs is 1. The summed E-state index contributed by atoms with van der Waals surface area (Å²) in [5, 5.41) is 12.2. The first-order valence-corrected chi connectivity index (χ1v) is 10.5. The summed E-state index contributed by atoms with van der Waals surface area (Å²) in [6.07, 6.45) is 3.94. The number of aryl methyl sites for hydroxylation is 1. The van der Waals surface area contributed by atoms with Gasteiger partial charge in [0.1, 0.15) is 5.69 Å². The van der Waals surface area contributed by atoms with E-state index in [1.54, 1.807) is 0 Å². The highest BCUT2D eigenvalue weighted by Gasteiger charge is 2.23. The molecule has 1 fully saturated rings. The third-order valence-electron chi connectivity index (χ3n) is 5.85. The molecule has 0 spiro atoms. The molecule has 0 amide bonds.